The van der Waals surface area contributed by atoms with E-state index in [1.165, 1.54) is 18.4 Å². The number of aryl methyl sites for hydroxylation is 1. The van der Waals surface area contributed by atoms with Crippen molar-refractivity contribution < 1.29 is 4.74 Å². The van der Waals surface area contributed by atoms with Crippen LogP contribution in [0.2, 0.25) is 11.6 Å². The summed E-state index contributed by atoms with van der Waals surface area (Å²) in [6, 6.07) is 10.7. The molecule has 6 heteroatoms. The molecule has 5 nitrogen and oxygen atoms in total. The predicted octanol–water partition coefficient (Wildman–Crippen LogP) is 5.11. The Hall–Kier alpha value is -2.13. The van der Waals surface area contributed by atoms with Crippen LogP contribution in [0.3, 0.4) is 0 Å². The Morgan fingerprint density at radius 2 is 2.00 bits per heavy atom. The first kappa shape index (κ1) is 20.2. The summed E-state index contributed by atoms with van der Waals surface area (Å²) in [5, 5.41) is 18.5. The minimum Gasteiger partial charge on any atom is -0.373 e. The first-order valence-electron chi connectivity index (χ1n) is 11.0. The average molecular weight is 390 g/mol. The van der Waals surface area contributed by atoms with Gasteiger partial charge >= 0.3 is 0 Å². The lowest BCUT2D eigenvalue weighted by atomic mass is 9.38. The number of rotatable bonds is 7. The van der Waals surface area contributed by atoms with Crippen LogP contribution < -0.4 is 0 Å². The van der Waals surface area contributed by atoms with Crippen molar-refractivity contribution in [1.82, 2.24) is 14.8 Å². The smallest absolute Gasteiger partial charge is 0.273 e. The topological polar surface area (TPSA) is 63.7 Å². The Morgan fingerprint density at radius 1 is 1.24 bits per heavy atom. The van der Waals surface area contributed by atoms with Crippen molar-refractivity contribution in [2.45, 2.75) is 89.2 Å². The van der Waals surface area contributed by atoms with Crippen LogP contribution >= 0.6 is 0 Å². The van der Waals surface area contributed by atoms with Crippen LogP contribution in [0, 0.1) is 18.2 Å². The predicted molar refractivity (Wildman–Crippen MR) is 115 cm³/mol. The first-order valence-corrected chi connectivity index (χ1v) is 11.0. The van der Waals surface area contributed by atoms with E-state index in [-0.39, 0.29) is 6.71 Å². The van der Waals surface area contributed by atoms with Gasteiger partial charge in [-0.25, -0.2) is 5.26 Å². The van der Waals surface area contributed by atoms with E-state index in [1.54, 1.807) is 0 Å². The van der Waals surface area contributed by atoms with Gasteiger partial charge in [-0.3, -0.25) is 0 Å². The number of nitrogens with zero attached hydrogens (tertiary/aromatic N) is 4. The highest BCUT2D eigenvalue weighted by Crippen LogP contribution is 2.44. The molecule has 1 aromatic carbocycles. The lowest BCUT2D eigenvalue weighted by Crippen LogP contribution is -2.32. The molecule has 152 valence electrons. The quantitative estimate of drug-likeness (QED) is 0.616. The van der Waals surface area contributed by atoms with E-state index >= 15 is 0 Å². The fraction of sp³-hybridized carbons (Fsp3) is 0.609. The molecular formula is C23H31BN4O. The largest absolute Gasteiger partial charge is 0.373 e. The maximum absolute atomic E-state index is 9.56. The van der Waals surface area contributed by atoms with E-state index in [0.29, 0.717) is 36.3 Å². The summed E-state index contributed by atoms with van der Waals surface area (Å²) in [6.07, 6.45) is 5.71. The molecule has 0 N–H and O–H groups in total. The molecular weight excluding hydrogens is 359 g/mol. The van der Waals surface area contributed by atoms with Gasteiger partial charge in [-0.15, -0.1) is 10.2 Å². The van der Waals surface area contributed by atoms with Gasteiger partial charge in [-0.1, -0.05) is 55.9 Å². The summed E-state index contributed by atoms with van der Waals surface area (Å²) >= 11 is 0. The third-order valence-corrected chi connectivity index (χ3v) is 7.03. The van der Waals surface area contributed by atoms with Crippen molar-refractivity contribution in [2.24, 2.45) is 0 Å². The zero-order valence-electron chi connectivity index (χ0n) is 17.8. The Labute approximate surface area is 174 Å². The third kappa shape index (κ3) is 4.26. The molecule has 0 spiro atoms. The molecule has 2 fully saturated rings. The molecule has 1 aliphatic carbocycles. The Balaban J connectivity index is 1.35. The molecule has 0 amide bonds. The van der Waals surface area contributed by atoms with Crippen molar-refractivity contribution in [1.29, 1.82) is 5.26 Å². The van der Waals surface area contributed by atoms with Crippen LogP contribution in [-0.4, -0.2) is 27.6 Å². The fourth-order valence-corrected chi connectivity index (χ4v) is 5.25. The first-order chi connectivity index (χ1) is 14.1. The van der Waals surface area contributed by atoms with E-state index < -0.39 is 0 Å². The molecule has 0 bridgehead atoms. The van der Waals surface area contributed by atoms with Crippen molar-refractivity contribution in [3.63, 3.8) is 0 Å². The summed E-state index contributed by atoms with van der Waals surface area (Å²) in [6.45, 7) is 7.40. The Kier molecular flexibility index (Phi) is 6.05. The van der Waals surface area contributed by atoms with Gasteiger partial charge in [0.2, 0.25) is 0 Å². The maximum Gasteiger partial charge on any atom is 0.273 e. The Morgan fingerprint density at radius 3 is 2.72 bits per heavy atom. The van der Waals surface area contributed by atoms with Gasteiger partial charge in [0, 0.05) is 17.9 Å². The number of nitriles is 1. The number of hydrogen-bond acceptors (Lipinski definition) is 4. The summed E-state index contributed by atoms with van der Waals surface area (Å²) in [5.41, 5.74) is 1.22. The SMILES string of the molecule is Cc1nnc(C2CC(OCc3ccccc3)C2)n1C(C)CC1CCC(C)B1C#N. The Bertz CT molecular complexity index is 856. The monoisotopic (exact) mass is 390 g/mol. The third-order valence-electron chi connectivity index (χ3n) is 7.03. The fourth-order valence-electron chi connectivity index (χ4n) is 5.25. The van der Waals surface area contributed by atoms with Crippen LogP contribution in [-0.2, 0) is 11.3 Å². The molecule has 1 aromatic heterocycles. The standard InChI is InChI=1S/C23H31BN4O/c1-16-9-10-21(24(16)15-25)11-17(2)28-18(3)26-27-23(28)20-12-22(13-20)29-14-19-7-5-4-6-8-19/h4-8,16-17,20-22H,9-14H2,1-3H3. The molecule has 3 atom stereocenters. The van der Waals surface area contributed by atoms with Gasteiger partial charge < -0.3 is 9.30 Å². The molecule has 2 aliphatic rings. The zero-order valence-corrected chi connectivity index (χ0v) is 17.8. The summed E-state index contributed by atoms with van der Waals surface area (Å²) < 4.78 is 8.41. The van der Waals surface area contributed by atoms with E-state index in [2.05, 4.69) is 58.8 Å². The molecule has 0 radical (unpaired) electrons. The normalized spacial score (nSPS) is 27.4. The minimum atomic E-state index is 0.192. The van der Waals surface area contributed by atoms with Crippen LogP contribution in [0.4, 0.5) is 0 Å². The van der Waals surface area contributed by atoms with Gasteiger partial charge in [0.1, 0.15) is 11.6 Å². The summed E-state index contributed by atoms with van der Waals surface area (Å²) in [5.74, 6) is 6.09. The molecule has 1 saturated heterocycles. The van der Waals surface area contributed by atoms with E-state index in [1.807, 2.05) is 13.0 Å². The van der Waals surface area contributed by atoms with Gasteiger partial charge in [0.25, 0.3) is 6.71 Å². The number of hydrogen-bond donors (Lipinski definition) is 0. The van der Waals surface area contributed by atoms with Crippen LogP contribution in [0.25, 0.3) is 0 Å². The molecule has 29 heavy (non-hydrogen) atoms. The van der Waals surface area contributed by atoms with Gasteiger partial charge in [0.05, 0.1) is 12.7 Å². The molecule has 1 aliphatic heterocycles. The number of ether oxygens (including phenoxy) is 1. The van der Waals surface area contributed by atoms with Gasteiger partial charge in [0.15, 0.2) is 0 Å². The number of benzene rings is 1. The number of aromatic nitrogens is 3. The molecule has 3 unspecified atom stereocenters. The lowest BCUT2D eigenvalue weighted by molar-refractivity contribution is -0.0231. The second-order valence-electron chi connectivity index (χ2n) is 9.12. The van der Waals surface area contributed by atoms with Crippen molar-refractivity contribution in [3.05, 3.63) is 47.5 Å². The van der Waals surface area contributed by atoms with Gasteiger partial charge in [-0.2, -0.15) is 0 Å². The molecule has 1 saturated carbocycles. The van der Waals surface area contributed by atoms with Gasteiger partial charge in [-0.05, 0) is 44.5 Å². The lowest BCUT2D eigenvalue weighted by Gasteiger charge is -2.35. The molecule has 2 heterocycles. The average Bonchev–Trinajstić information content (AvgIpc) is 3.23. The maximum atomic E-state index is 9.56. The van der Waals surface area contributed by atoms with E-state index in [0.717, 1.165) is 30.9 Å². The minimum absolute atomic E-state index is 0.192. The zero-order chi connectivity index (χ0) is 20.4. The van der Waals surface area contributed by atoms with E-state index in [4.69, 9.17) is 4.74 Å². The van der Waals surface area contributed by atoms with Crippen LogP contribution in [0.5, 0.6) is 0 Å². The van der Waals surface area contributed by atoms with Crippen LogP contribution in [0.15, 0.2) is 30.3 Å². The van der Waals surface area contributed by atoms with Crippen LogP contribution in [0.1, 0.15) is 75.1 Å². The van der Waals surface area contributed by atoms with E-state index in [9.17, 15) is 5.26 Å². The molecule has 4 rings (SSSR count). The summed E-state index contributed by atoms with van der Waals surface area (Å²) in [7, 11) is 0. The second kappa shape index (κ2) is 8.71. The molecule has 2 aromatic rings. The van der Waals surface area contributed by atoms with Crippen molar-refractivity contribution in [2.75, 3.05) is 0 Å². The van der Waals surface area contributed by atoms with Crippen molar-refractivity contribution in [3.8, 4) is 5.97 Å². The second-order valence-corrected chi connectivity index (χ2v) is 9.12. The highest BCUT2D eigenvalue weighted by molar-refractivity contribution is 6.70. The highest BCUT2D eigenvalue weighted by Gasteiger charge is 2.40. The summed E-state index contributed by atoms with van der Waals surface area (Å²) in [4.78, 5) is 0. The van der Waals surface area contributed by atoms with Crippen molar-refractivity contribution >= 4 is 6.71 Å². The highest BCUT2D eigenvalue weighted by atomic mass is 16.5.